The molecule has 36 heavy (non-hydrogen) atoms. The molecule has 0 aromatic heterocycles. The smallest absolute Gasteiger partial charge is 0.243 e. The summed E-state index contributed by atoms with van der Waals surface area (Å²) in [4.78, 5) is 3.04. The van der Waals surface area contributed by atoms with Gasteiger partial charge in [-0.15, -0.1) is 11.8 Å². The summed E-state index contributed by atoms with van der Waals surface area (Å²) in [5.41, 5.74) is 3.51. The quantitative estimate of drug-likeness (QED) is 0.451. The van der Waals surface area contributed by atoms with Crippen LogP contribution in [0, 0.1) is 12.8 Å². The van der Waals surface area contributed by atoms with Crippen molar-refractivity contribution in [3.8, 4) is 5.75 Å². The Hall–Kier alpha value is -2.32. The SMILES string of the molecule is COc1ccc([C@@H]2SCC3C[C@@H]4CN(S(=O)(=O)c5ccc(C)cc5)[C@@H](Cc5ccccc5)[C@@H]4N32)cc1. The molecule has 0 aliphatic carbocycles. The number of methoxy groups -OCH3 is 1. The summed E-state index contributed by atoms with van der Waals surface area (Å²) in [6.07, 6.45) is 1.77. The van der Waals surface area contributed by atoms with Crippen molar-refractivity contribution in [1.82, 2.24) is 9.21 Å². The Bertz CT molecular complexity index is 1310. The fraction of sp³-hybridized carbons (Fsp3) is 0.379. The lowest BCUT2D eigenvalue weighted by Gasteiger charge is -2.36. The normalized spacial score (nSPS) is 28.2. The third-order valence-corrected chi connectivity index (χ3v) is 11.3. The fourth-order valence-corrected chi connectivity index (χ4v) is 9.60. The van der Waals surface area contributed by atoms with Crippen LogP contribution < -0.4 is 4.74 Å². The zero-order valence-corrected chi connectivity index (χ0v) is 22.3. The molecule has 3 saturated heterocycles. The molecule has 3 aromatic carbocycles. The molecule has 3 heterocycles. The predicted molar refractivity (Wildman–Crippen MR) is 145 cm³/mol. The molecule has 3 aliphatic rings. The van der Waals surface area contributed by atoms with Gasteiger partial charge in [-0.3, -0.25) is 4.90 Å². The van der Waals surface area contributed by atoms with Crippen molar-refractivity contribution >= 4 is 21.8 Å². The minimum absolute atomic E-state index is 0.104. The van der Waals surface area contributed by atoms with Crippen molar-refractivity contribution in [2.75, 3.05) is 19.4 Å². The van der Waals surface area contributed by atoms with Crippen LogP contribution in [0.3, 0.4) is 0 Å². The number of hydrogen-bond donors (Lipinski definition) is 0. The van der Waals surface area contributed by atoms with Crippen molar-refractivity contribution in [2.45, 2.75) is 48.2 Å². The number of ether oxygens (including phenoxy) is 1. The van der Waals surface area contributed by atoms with Gasteiger partial charge in [0.1, 0.15) is 5.75 Å². The maximum atomic E-state index is 14.0. The number of aryl methyl sites for hydroxylation is 1. The summed E-state index contributed by atoms with van der Waals surface area (Å²) >= 11 is 1.98. The zero-order valence-electron chi connectivity index (χ0n) is 20.7. The van der Waals surface area contributed by atoms with Crippen LogP contribution >= 0.6 is 11.8 Å². The van der Waals surface area contributed by atoms with Gasteiger partial charge in [0, 0.05) is 30.4 Å². The third kappa shape index (κ3) is 4.16. The van der Waals surface area contributed by atoms with Gasteiger partial charge in [0.15, 0.2) is 0 Å². The van der Waals surface area contributed by atoms with Crippen LogP contribution in [0.25, 0.3) is 0 Å². The van der Waals surface area contributed by atoms with Gasteiger partial charge in [0.2, 0.25) is 10.0 Å². The molecule has 0 bridgehead atoms. The first-order valence-electron chi connectivity index (χ1n) is 12.6. The van der Waals surface area contributed by atoms with Gasteiger partial charge in [-0.2, -0.15) is 4.31 Å². The lowest BCUT2D eigenvalue weighted by Crippen LogP contribution is -2.48. The first-order valence-corrected chi connectivity index (χ1v) is 15.1. The van der Waals surface area contributed by atoms with Gasteiger partial charge >= 0.3 is 0 Å². The Kier molecular flexibility index (Phi) is 6.36. The van der Waals surface area contributed by atoms with Crippen LogP contribution in [0.15, 0.2) is 83.8 Å². The molecule has 0 N–H and O–H groups in total. The summed E-state index contributed by atoms with van der Waals surface area (Å²) in [5, 5.41) is 0.233. The first-order chi connectivity index (χ1) is 17.5. The highest BCUT2D eigenvalue weighted by atomic mass is 32.2. The molecule has 5 nitrogen and oxygen atoms in total. The van der Waals surface area contributed by atoms with E-state index in [0.29, 0.717) is 23.4 Å². The topological polar surface area (TPSA) is 49.9 Å². The van der Waals surface area contributed by atoms with E-state index >= 15 is 0 Å². The molecular formula is C29H32N2O3S2. The predicted octanol–water partition coefficient (Wildman–Crippen LogP) is 5.12. The maximum Gasteiger partial charge on any atom is 0.243 e. The van der Waals surface area contributed by atoms with E-state index in [2.05, 4.69) is 29.2 Å². The zero-order chi connectivity index (χ0) is 24.9. The molecule has 7 heteroatoms. The molecule has 0 amide bonds. The first kappa shape index (κ1) is 24.0. The molecule has 5 atom stereocenters. The standard InChI is InChI=1S/C29H32N2O3S2/c1-20-8-14-26(15-9-20)36(32,33)30-18-23-17-24-19-35-29(22-10-12-25(34-2)13-11-22)31(24)28(23)27(30)16-21-6-4-3-5-7-21/h3-15,23-24,27-29H,16-19H2,1-2H3/t23-,24?,27+,28-,29+/m1/s1. The van der Waals surface area contributed by atoms with Gasteiger partial charge in [-0.25, -0.2) is 8.42 Å². The van der Waals surface area contributed by atoms with Crippen LogP contribution in [0.2, 0.25) is 0 Å². The summed E-state index contributed by atoms with van der Waals surface area (Å²) in [6.45, 7) is 2.57. The average molecular weight is 521 g/mol. The number of rotatable bonds is 6. The van der Waals surface area contributed by atoms with Crippen molar-refractivity contribution in [3.05, 3.63) is 95.6 Å². The molecule has 3 aliphatic heterocycles. The number of sulfonamides is 1. The van der Waals surface area contributed by atoms with Crippen molar-refractivity contribution in [2.24, 2.45) is 5.92 Å². The molecule has 0 spiro atoms. The number of thioether (sulfide) groups is 1. The Balaban J connectivity index is 1.37. The van der Waals surface area contributed by atoms with E-state index in [0.717, 1.165) is 29.9 Å². The van der Waals surface area contributed by atoms with E-state index in [-0.39, 0.29) is 17.5 Å². The van der Waals surface area contributed by atoms with E-state index in [9.17, 15) is 8.42 Å². The maximum absolute atomic E-state index is 14.0. The lowest BCUT2D eigenvalue weighted by atomic mass is 9.94. The minimum atomic E-state index is -3.60. The molecule has 3 aromatic rings. The largest absolute Gasteiger partial charge is 0.497 e. The Morgan fingerprint density at radius 3 is 2.39 bits per heavy atom. The third-order valence-electron chi connectivity index (χ3n) is 8.04. The van der Waals surface area contributed by atoms with E-state index in [1.54, 1.807) is 19.2 Å². The van der Waals surface area contributed by atoms with Crippen molar-refractivity contribution in [1.29, 1.82) is 0 Å². The van der Waals surface area contributed by atoms with E-state index in [4.69, 9.17) is 4.74 Å². The van der Waals surface area contributed by atoms with Gasteiger partial charge in [-0.1, -0.05) is 60.2 Å². The highest BCUT2D eigenvalue weighted by Crippen LogP contribution is 2.54. The second kappa shape index (κ2) is 9.53. The van der Waals surface area contributed by atoms with Crippen molar-refractivity contribution < 1.29 is 13.2 Å². The number of benzene rings is 3. The highest BCUT2D eigenvalue weighted by Gasteiger charge is 2.58. The monoisotopic (exact) mass is 520 g/mol. The van der Waals surface area contributed by atoms with Gasteiger partial charge in [0.05, 0.1) is 17.4 Å². The van der Waals surface area contributed by atoms with E-state index < -0.39 is 10.0 Å². The van der Waals surface area contributed by atoms with Gasteiger partial charge in [-0.05, 0) is 61.1 Å². The summed E-state index contributed by atoms with van der Waals surface area (Å²) in [7, 11) is -1.91. The fourth-order valence-electron chi connectivity index (χ4n) is 6.36. The van der Waals surface area contributed by atoms with Crippen LogP contribution in [0.1, 0.15) is 28.5 Å². The van der Waals surface area contributed by atoms with Crippen LogP contribution in [-0.2, 0) is 16.4 Å². The van der Waals surface area contributed by atoms with Crippen molar-refractivity contribution in [3.63, 3.8) is 0 Å². The molecule has 0 radical (unpaired) electrons. The number of fused-ring (bicyclic) bond motifs is 3. The second-order valence-corrected chi connectivity index (χ2v) is 13.2. The Morgan fingerprint density at radius 1 is 0.972 bits per heavy atom. The summed E-state index contributed by atoms with van der Waals surface area (Å²) in [5.74, 6) is 2.29. The minimum Gasteiger partial charge on any atom is -0.497 e. The number of hydrogen-bond acceptors (Lipinski definition) is 5. The molecule has 188 valence electrons. The van der Waals surface area contributed by atoms with E-state index in [1.165, 1.54) is 11.1 Å². The Morgan fingerprint density at radius 2 is 1.69 bits per heavy atom. The lowest BCUT2D eigenvalue weighted by molar-refractivity contribution is 0.160. The average Bonchev–Trinajstić information content (AvgIpc) is 3.56. The number of nitrogens with zero attached hydrogens (tertiary/aromatic N) is 2. The van der Waals surface area contributed by atoms with Crippen LogP contribution in [0.4, 0.5) is 0 Å². The Labute approximate surface area is 218 Å². The van der Waals surface area contributed by atoms with Crippen LogP contribution in [-0.4, -0.2) is 55.2 Å². The molecule has 3 fully saturated rings. The van der Waals surface area contributed by atoms with Crippen LogP contribution in [0.5, 0.6) is 5.75 Å². The summed E-state index contributed by atoms with van der Waals surface area (Å²) in [6, 6.07) is 26.6. The molecule has 0 saturated carbocycles. The molecular weight excluding hydrogens is 488 g/mol. The van der Waals surface area contributed by atoms with E-state index in [1.807, 2.05) is 65.5 Å². The summed E-state index contributed by atoms with van der Waals surface area (Å²) < 4.78 is 35.2. The molecule has 6 rings (SSSR count). The van der Waals surface area contributed by atoms with Gasteiger partial charge < -0.3 is 4.74 Å². The van der Waals surface area contributed by atoms with Gasteiger partial charge in [0.25, 0.3) is 0 Å². The molecule has 1 unspecified atom stereocenters. The highest BCUT2D eigenvalue weighted by molar-refractivity contribution is 7.99. The second-order valence-electron chi connectivity index (χ2n) is 10.2.